The largest absolute Gasteiger partial charge is 0.356 e. The molecular weight excluding hydrogens is 424 g/mol. The number of sulfonamides is 1. The third-order valence-electron chi connectivity index (χ3n) is 5.12. The maximum absolute atomic E-state index is 12.5. The molecule has 164 valence electrons. The Kier molecular flexibility index (Phi) is 6.63. The quantitative estimate of drug-likeness (QED) is 0.412. The summed E-state index contributed by atoms with van der Waals surface area (Å²) in [5, 5.41) is 8.85. The molecule has 0 bridgehead atoms. The normalized spacial score (nSPS) is 11.5. The van der Waals surface area contributed by atoms with Crippen LogP contribution in [0.5, 0.6) is 0 Å². The number of nitrogens with one attached hydrogen (secondary N) is 2. The zero-order chi connectivity index (χ0) is 22.4. The number of fused-ring (bicyclic) bond motifs is 1. The highest BCUT2D eigenvalue weighted by Crippen LogP contribution is 2.18. The average Bonchev–Trinajstić information content (AvgIpc) is 3.34. The molecule has 1 heterocycles. The molecule has 0 spiro atoms. The highest BCUT2D eigenvalue weighted by Gasteiger charge is 2.14. The van der Waals surface area contributed by atoms with Crippen molar-refractivity contribution in [2.24, 2.45) is 0 Å². The summed E-state index contributed by atoms with van der Waals surface area (Å²) >= 11 is 0. The van der Waals surface area contributed by atoms with E-state index in [1.54, 1.807) is 29.1 Å². The first-order chi connectivity index (χ1) is 15.5. The number of amides is 1. The van der Waals surface area contributed by atoms with Crippen molar-refractivity contribution in [2.45, 2.75) is 17.7 Å². The van der Waals surface area contributed by atoms with Crippen molar-refractivity contribution in [3.05, 3.63) is 90.8 Å². The lowest BCUT2D eigenvalue weighted by Gasteiger charge is -2.09. The summed E-state index contributed by atoms with van der Waals surface area (Å²) in [6, 6.07) is 22.4. The number of hydrogen-bond acceptors (Lipinski definition) is 4. The van der Waals surface area contributed by atoms with Gasteiger partial charge < -0.3 is 5.32 Å². The van der Waals surface area contributed by atoms with E-state index in [1.807, 2.05) is 60.8 Å². The van der Waals surface area contributed by atoms with E-state index < -0.39 is 10.0 Å². The molecule has 1 amide bonds. The maximum Gasteiger partial charge on any atom is 0.240 e. The molecule has 0 radical (unpaired) electrons. The van der Waals surface area contributed by atoms with Crippen LogP contribution in [0.3, 0.4) is 0 Å². The van der Waals surface area contributed by atoms with E-state index in [9.17, 15) is 13.2 Å². The number of carbonyl (C=O) groups excluding carboxylic acids is 1. The molecule has 0 aliphatic heterocycles. The highest BCUT2D eigenvalue weighted by atomic mass is 32.2. The molecule has 0 fully saturated rings. The van der Waals surface area contributed by atoms with Gasteiger partial charge in [-0.05, 0) is 53.1 Å². The van der Waals surface area contributed by atoms with Crippen molar-refractivity contribution in [2.75, 3.05) is 13.1 Å². The molecule has 0 saturated carbocycles. The summed E-state index contributed by atoms with van der Waals surface area (Å²) in [6.45, 7) is 0.525. The van der Waals surface area contributed by atoms with Crippen molar-refractivity contribution in [1.29, 1.82) is 0 Å². The Morgan fingerprint density at radius 1 is 0.906 bits per heavy atom. The molecule has 4 rings (SSSR count). The smallest absolute Gasteiger partial charge is 0.240 e. The maximum atomic E-state index is 12.5. The Morgan fingerprint density at radius 2 is 1.69 bits per heavy atom. The number of benzene rings is 3. The number of nitrogens with zero attached hydrogens (tertiary/aromatic N) is 2. The van der Waals surface area contributed by atoms with Crippen LogP contribution in [0.1, 0.15) is 12.0 Å². The van der Waals surface area contributed by atoms with Gasteiger partial charge in [0.25, 0.3) is 0 Å². The number of rotatable bonds is 9. The van der Waals surface area contributed by atoms with Gasteiger partial charge in [0.1, 0.15) is 0 Å². The van der Waals surface area contributed by atoms with E-state index in [4.69, 9.17) is 0 Å². The summed E-state index contributed by atoms with van der Waals surface area (Å²) in [5.41, 5.74) is 2.07. The lowest BCUT2D eigenvalue weighted by Crippen LogP contribution is -2.31. The molecule has 1 aromatic heterocycles. The third kappa shape index (κ3) is 5.40. The molecule has 0 unspecified atom stereocenters. The van der Waals surface area contributed by atoms with Crippen LogP contribution in [0.15, 0.2) is 90.1 Å². The minimum atomic E-state index is -3.67. The lowest BCUT2D eigenvalue weighted by molar-refractivity contribution is -0.120. The van der Waals surface area contributed by atoms with Crippen LogP contribution >= 0.6 is 0 Å². The first-order valence-electron chi connectivity index (χ1n) is 10.4. The fourth-order valence-electron chi connectivity index (χ4n) is 3.39. The summed E-state index contributed by atoms with van der Waals surface area (Å²) < 4.78 is 29.3. The summed E-state index contributed by atoms with van der Waals surface area (Å²) in [4.78, 5) is 12.3. The molecule has 0 atom stereocenters. The van der Waals surface area contributed by atoms with Gasteiger partial charge in [0, 0.05) is 31.9 Å². The van der Waals surface area contributed by atoms with Gasteiger partial charge in [0.05, 0.1) is 10.6 Å². The first kappa shape index (κ1) is 21.7. The predicted octanol–water partition coefficient (Wildman–Crippen LogP) is 3.05. The summed E-state index contributed by atoms with van der Waals surface area (Å²) in [5.74, 6) is -0.195. The number of hydrogen-bond donors (Lipinski definition) is 2. The van der Waals surface area contributed by atoms with Gasteiger partial charge in [-0.1, -0.05) is 42.5 Å². The van der Waals surface area contributed by atoms with Crippen LogP contribution in [-0.2, 0) is 21.2 Å². The van der Waals surface area contributed by atoms with Crippen molar-refractivity contribution < 1.29 is 13.2 Å². The standard InChI is InChI=1S/C24H24N4O3S/c29-24(25-15-12-19-6-9-22(10-7-19)28-17-3-14-26-28)13-16-27-32(30,31)23-11-8-20-4-1-2-5-21(20)18-23/h1-11,14,17-18,27H,12-13,15-16H2,(H,25,29). The van der Waals surface area contributed by atoms with Crippen molar-refractivity contribution in [3.8, 4) is 5.69 Å². The van der Waals surface area contributed by atoms with E-state index in [2.05, 4.69) is 15.1 Å². The van der Waals surface area contributed by atoms with E-state index in [0.717, 1.165) is 22.0 Å². The van der Waals surface area contributed by atoms with Crippen molar-refractivity contribution in [1.82, 2.24) is 19.8 Å². The minimum absolute atomic E-state index is 0.0412. The van der Waals surface area contributed by atoms with Gasteiger partial charge in [-0.15, -0.1) is 0 Å². The van der Waals surface area contributed by atoms with Crippen molar-refractivity contribution >= 4 is 26.7 Å². The SMILES string of the molecule is O=C(CCNS(=O)(=O)c1ccc2ccccc2c1)NCCc1ccc(-n2cccn2)cc1. The Labute approximate surface area is 187 Å². The second-order valence-corrected chi connectivity index (χ2v) is 9.14. The predicted molar refractivity (Wildman–Crippen MR) is 124 cm³/mol. The molecule has 0 aliphatic rings. The lowest BCUT2D eigenvalue weighted by atomic mass is 10.1. The van der Waals surface area contributed by atoms with Crippen molar-refractivity contribution in [3.63, 3.8) is 0 Å². The van der Waals surface area contributed by atoms with Gasteiger partial charge >= 0.3 is 0 Å². The van der Waals surface area contributed by atoms with Crippen LogP contribution in [-0.4, -0.2) is 37.2 Å². The second-order valence-electron chi connectivity index (χ2n) is 7.37. The zero-order valence-electron chi connectivity index (χ0n) is 17.4. The fourth-order valence-corrected chi connectivity index (χ4v) is 4.46. The van der Waals surface area contributed by atoms with Gasteiger partial charge in [-0.2, -0.15) is 5.10 Å². The Hall–Kier alpha value is -3.49. The molecule has 32 heavy (non-hydrogen) atoms. The van der Waals surface area contributed by atoms with Gasteiger partial charge in [0.15, 0.2) is 0 Å². The molecule has 4 aromatic rings. The van der Waals surface area contributed by atoms with E-state index in [1.165, 1.54) is 0 Å². The first-order valence-corrected chi connectivity index (χ1v) is 11.8. The van der Waals surface area contributed by atoms with Crippen LogP contribution in [0.25, 0.3) is 16.5 Å². The molecule has 7 nitrogen and oxygen atoms in total. The van der Waals surface area contributed by atoms with Gasteiger partial charge in [0.2, 0.25) is 15.9 Å². The molecule has 2 N–H and O–H groups in total. The minimum Gasteiger partial charge on any atom is -0.356 e. The molecular formula is C24H24N4O3S. The topological polar surface area (TPSA) is 93.1 Å². The average molecular weight is 449 g/mol. The highest BCUT2D eigenvalue weighted by molar-refractivity contribution is 7.89. The van der Waals surface area contributed by atoms with E-state index >= 15 is 0 Å². The van der Waals surface area contributed by atoms with Crippen LogP contribution < -0.4 is 10.0 Å². The fraction of sp³-hybridized carbons (Fsp3) is 0.167. The third-order valence-corrected chi connectivity index (χ3v) is 6.58. The van der Waals surface area contributed by atoms with Crippen LogP contribution in [0.2, 0.25) is 0 Å². The van der Waals surface area contributed by atoms with Crippen LogP contribution in [0, 0.1) is 0 Å². The summed E-state index contributed by atoms with van der Waals surface area (Å²) in [6.07, 6.45) is 4.37. The monoisotopic (exact) mass is 448 g/mol. The van der Waals surface area contributed by atoms with Gasteiger partial charge in [-0.25, -0.2) is 17.8 Å². The number of aromatic nitrogens is 2. The molecule has 0 saturated heterocycles. The number of carbonyl (C=O) groups is 1. The second kappa shape index (κ2) is 9.76. The molecule has 8 heteroatoms. The Bertz CT molecular complexity index is 1300. The van der Waals surface area contributed by atoms with E-state index in [0.29, 0.717) is 13.0 Å². The molecule has 3 aromatic carbocycles. The molecule has 0 aliphatic carbocycles. The van der Waals surface area contributed by atoms with E-state index in [-0.39, 0.29) is 23.8 Å². The Morgan fingerprint density at radius 3 is 2.44 bits per heavy atom. The zero-order valence-corrected chi connectivity index (χ0v) is 18.3. The Balaban J connectivity index is 1.21. The summed E-state index contributed by atoms with van der Waals surface area (Å²) in [7, 11) is -3.67. The van der Waals surface area contributed by atoms with Gasteiger partial charge in [-0.3, -0.25) is 4.79 Å². The van der Waals surface area contributed by atoms with Crippen LogP contribution in [0.4, 0.5) is 0 Å².